The molecular weight excluding hydrogens is 702 g/mol. The van der Waals surface area contributed by atoms with Crippen molar-refractivity contribution in [3.63, 3.8) is 0 Å². The number of nitrogens with one attached hydrogen (secondary N) is 3. The highest BCUT2D eigenvalue weighted by molar-refractivity contribution is 6.31. The van der Waals surface area contributed by atoms with Gasteiger partial charge in [0.25, 0.3) is 5.91 Å². The molecule has 1 aromatic heterocycles. The number of ether oxygens (including phenoxy) is 2. The first-order valence-corrected chi connectivity index (χ1v) is 17.7. The van der Waals surface area contributed by atoms with Crippen molar-refractivity contribution in [3.05, 3.63) is 70.5 Å². The van der Waals surface area contributed by atoms with Crippen LogP contribution in [0.25, 0.3) is 11.1 Å². The van der Waals surface area contributed by atoms with E-state index in [-0.39, 0.29) is 40.8 Å². The van der Waals surface area contributed by atoms with E-state index < -0.39 is 29.6 Å². The molecule has 0 aliphatic carbocycles. The summed E-state index contributed by atoms with van der Waals surface area (Å²) in [6.07, 6.45) is 4.32. The second-order valence-corrected chi connectivity index (χ2v) is 13.6. The van der Waals surface area contributed by atoms with Crippen LogP contribution < -0.4 is 33.2 Å². The number of esters is 1. The third-order valence-electron chi connectivity index (χ3n) is 7.81. The summed E-state index contributed by atoms with van der Waals surface area (Å²) in [5, 5.41) is 7.76. The first kappa shape index (κ1) is 42.0. The average molecular weight is 752 g/mol. The molecule has 3 rings (SSSR count). The van der Waals surface area contributed by atoms with Gasteiger partial charge in [0.2, 0.25) is 5.91 Å². The number of unbranched alkanes of at least 4 members (excludes halogenated alkanes) is 2. The first-order chi connectivity index (χ1) is 25.1. The molecule has 286 valence electrons. The minimum Gasteiger partial charge on any atom is -0.467 e. The summed E-state index contributed by atoms with van der Waals surface area (Å²) < 4.78 is 10.1. The van der Waals surface area contributed by atoms with Gasteiger partial charge in [0.15, 0.2) is 28.4 Å². The van der Waals surface area contributed by atoms with E-state index in [0.29, 0.717) is 38.8 Å². The van der Waals surface area contributed by atoms with Gasteiger partial charge in [-0.2, -0.15) is 0 Å². The molecule has 0 bridgehead atoms. The van der Waals surface area contributed by atoms with Crippen LogP contribution in [0, 0.1) is 0 Å². The van der Waals surface area contributed by atoms with Crippen LogP contribution in [0.15, 0.2) is 53.5 Å². The number of amides is 3. The topological polar surface area (TPSA) is 239 Å². The van der Waals surface area contributed by atoms with Crippen molar-refractivity contribution in [3.8, 4) is 11.1 Å². The standard InChI is InChI=1S/C37H50ClN9O6/c1-37(2,3)53-36(51)43-22-8-6-10-27(34(50)52-4)44-28(48)20-15-24-13-18-26(19-14-24)25-16-11-23(12-17-25)9-5-7-21-42-35(41)47-33(49)29-31(39)46-32(40)30(38)45-29/h11-14,16-19,27H,5-10,15,20-22H2,1-4H3,(H,43,51)(H,44,48)(H4,39,40,46)(H3,41,42,47,49)/t27-/m0/s1. The summed E-state index contributed by atoms with van der Waals surface area (Å²) in [6.45, 7) is 6.19. The molecule has 15 nitrogen and oxygen atoms in total. The van der Waals surface area contributed by atoms with Gasteiger partial charge in [0, 0.05) is 19.5 Å². The molecule has 0 unspecified atom stereocenters. The second kappa shape index (κ2) is 20.6. The maximum absolute atomic E-state index is 12.7. The third kappa shape index (κ3) is 15.0. The minimum atomic E-state index is -0.759. The molecule has 0 saturated heterocycles. The molecule has 0 aliphatic heterocycles. The van der Waals surface area contributed by atoms with Crippen molar-refractivity contribution in [1.29, 1.82) is 0 Å². The second-order valence-electron chi connectivity index (χ2n) is 13.3. The van der Waals surface area contributed by atoms with Gasteiger partial charge < -0.3 is 37.3 Å². The lowest BCUT2D eigenvalue weighted by Gasteiger charge is -2.20. The Balaban J connectivity index is 1.37. The van der Waals surface area contributed by atoms with Crippen molar-refractivity contribution < 1.29 is 28.7 Å². The number of hydrogen-bond acceptors (Lipinski definition) is 11. The molecule has 9 N–H and O–H groups in total. The lowest BCUT2D eigenvalue weighted by Crippen LogP contribution is -2.41. The minimum absolute atomic E-state index is 0.0651. The van der Waals surface area contributed by atoms with Crippen LogP contribution >= 0.6 is 11.6 Å². The maximum atomic E-state index is 12.7. The van der Waals surface area contributed by atoms with Gasteiger partial charge in [-0.1, -0.05) is 60.1 Å². The van der Waals surface area contributed by atoms with E-state index >= 15 is 0 Å². The van der Waals surface area contributed by atoms with Crippen LogP contribution in [0.3, 0.4) is 0 Å². The summed E-state index contributed by atoms with van der Waals surface area (Å²) in [4.78, 5) is 60.9. The van der Waals surface area contributed by atoms with Gasteiger partial charge >= 0.3 is 12.1 Å². The van der Waals surface area contributed by atoms with Gasteiger partial charge in [0.05, 0.1) is 7.11 Å². The average Bonchev–Trinajstić information content (AvgIpc) is 3.10. The van der Waals surface area contributed by atoms with E-state index in [1.54, 1.807) is 20.8 Å². The number of nitrogen functional groups attached to an aromatic ring is 2. The number of aliphatic imine (C=N–C) groups is 1. The zero-order valence-corrected chi connectivity index (χ0v) is 31.4. The molecule has 1 heterocycles. The van der Waals surface area contributed by atoms with Crippen molar-refractivity contribution in [2.45, 2.75) is 83.8 Å². The summed E-state index contributed by atoms with van der Waals surface area (Å²) in [6, 6.07) is 15.6. The summed E-state index contributed by atoms with van der Waals surface area (Å²) >= 11 is 5.83. The molecule has 0 spiro atoms. The summed E-state index contributed by atoms with van der Waals surface area (Å²) in [7, 11) is 1.29. The highest BCUT2D eigenvalue weighted by Gasteiger charge is 2.21. The van der Waals surface area contributed by atoms with E-state index in [9.17, 15) is 19.2 Å². The zero-order valence-electron chi connectivity index (χ0n) is 30.7. The predicted octanol–water partition coefficient (Wildman–Crippen LogP) is 4.31. The first-order valence-electron chi connectivity index (χ1n) is 17.4. The summed E-state index contributed by atoms with van der Waals surface area (Å²) in [5.41, 5.74) is 20.6. The Morgan fingerprint density at radius 1 is 0.868 bits per heavy atom. The lowest BCUT2D eigenvalue weighted by molar-refractivity contribution is -0.145. The van der Waals surface area contributed by atoms with E-state index in [1.807, 2.05) is 24.3 Å². The molecular formula is C37H50ClN9O6. The number of aryl methyl sites for hydroxylation is 2. The number of nitrogens with zero attached hydrogens (tertiary/aromatic N) is 3. The SMILES string of the molecule is COC(=O)[C@H](CCCCNC(=O)OC(C)(C)C)NC(=O)CCc1ccc(-c2ccc(CCCCN=C(N)NC(=O)c3nc(Cl)c(N)nc3N)cc2)cc1. The maximum Gasteiger partial charge on any atom is 0.407 e. The van der Waals surface area contributed by atoms with Crippen LogP contribution in [0.4, 0.5) is 16.4 Å². The fraction of sp³-hybridized carbons (Fsp3) is 0.432. The van der Waals surface area contributed by atoms with Crippen LogP contribution in [0.2, 0.25) is 5.15 Å². The van der Waals surface area contributed by atoms with E-state index in [0.717, 1.165) is 36.0 Å². The molecule has 3 aromatic rings. The van der Waals surface area contributed by atoms with Gasteiger partial charge in [-0.15, -0.1) is 0 Å². The normalized spacial score (nSPS) is 12.1. The number of anilines is 2. The zero-order chi connectivity index (χ0) is 39.0. The summed E-state index contributed by atoms with van der Waals surface area (Å²) in [5.74, 6) is -1.73. The Morgan fingerprint density at radius 3 is 2.09 bits per heavy atom. The van der Waals surface area contributed by atoms with E-state index in [4.69, 9.17) is 38.3 Å². The molecule has 0 aliphatic rings. The molecule has 0 fully saturated rings. The molecule has 2 aromatic carbocycles. The number of alkyl carbamates (subject to hydrolysis) is 1. The number of aromatic nitrogens is 2. The van der Waals surface area contributed by atoms with Crippen LogP contribution in [-0.4, -0.2) is 71.6 Å². The number of nitrogens with two attached hydrogens (primary N) is 3. The molecule has 0 radical (unpaired) electrons. The fourth-order valence-electron chi connectivity index (χ4n) is 5.09. The largest absolute Gasteiger partial charge is 0.467 e. The quantitative estimate of drug-likeness (QED) is 0.0491. The Bertz CT molecular complexity index is 1730. The number of halogens is 1. The molecule has 0 saturated carbocycles. The highest BCUT2D eigenvalue weighted by atomic mass is 35.5. The van der Waals surface area contributed by atoms with Crippen molar-refractivity contribution in [2.75, 3.05) is 31.7 Å². The van der Waals surface area contributed by atoms with Crippen LogP contribution in [-0.2, 0) is 31.9 Å². The van der Waals surface area contributed by atoms with E-state index in [1.165, 1.54) is 12.7 Å². The highest BCUT2D eigenvalue weighted by Crippen LogP contribution is 2.22. The molecule has 3 amide bonds. The lowest BCUT2D eigenvalue weighted by atomic mass is 9.99. The number of guanidine groups is 1. The molecule has 16 heteroatoms. The van der Waals surface area contributed by atoms with E-state index in [2.05, 4.69) is 55.2 Å². The molecule has 1 atom stereocenters. The third-order valence-corrected chi connectivity index (χ3v) is 8.09. The Morgan fingerprint density at radius 2 is 1.49 bits per heavy atom. The Kier molecular flexibility index (Phi) is 16.3. The fourth-order valence-corrected chi connectivity index (χ4v) is 5.21. The molecule has 53 heavy (non-hydrogen) atoms. The van der Waals surface area contributed by atoms with Crippen LogP contribution in [0.1, 0.15) is 80.9 Å². The van der Waals surface area contributed by atoms with Gasteiger partial charge in [-0.3, -0.25) is 19.9 Å². The predicted molar refractivity (Wildman–Crippen MR) is 205 cm³/mol. The number of rotatable bonds is 17. The smallest absolute Gasteiger partial charge is 0.407 e. The van der Waals surface area contributed by atoms with Gasteiger partial charge in [0.1, 0.15) is 11.6 Å². The Hall–Kier alpha value is -5.44. The number of hydrogen-bond donors (Lipinski definition) is 6. The van der Waals surface area contributed by atoms with Crippen LogP contribution in [0.5, 0.6) is 0 Å². The van der Waals surface area contributed by atoms with Crippen molar-refractivity contribution in [2.24, 2.45) is 10.7 Å². The van der Waals surface area contributed by atoms with Gasteiger partial charge in [-0.25, -0.2) is 19.6 Å². The van der Waals surface area contributed by atoms with Gasteiger partial charge in [-0.05, 0) is 88.0 Å². The number of carbonyl (C=O) groups is 4. The van der Waals surface area contributed by atoms with Crippen molar-refractivity contribution >= 4 is 53.1 Å². The number of carbonyl (C=O) groups excluding carboxylic acids is 4. The van der Waals surface area contributed by atoms with Crippen molar-refractivity contribution in [1.82, 2.24) is 25.9 Å². The number of methoxy groups -OCH3 is 1. The monoisotopic (exact) mass is 751 g/mol. The Labute approximate surface area is 314 Å². The number of benzene rings is 2.